The van der Waals surface area contributed by atoms with Gasteiger partial charge in [0.2, 0.25) is 11.8 Å². The van der Waals surface area contributed by atoms with Gasteiger partial charge in [-0.15, -0.1) is 0 Å². The number of hydrogen-bond donors (Lipinski definition) is 2. The number of rotatable bonds is 6. The number of aromatic nitrogens is 3. The molecule has 1 aliphatic heterocycles. The van der Waals surface area contributed by atoms with Gasteiger partial charge in [0.15, 0.2) is 10.8 Å². The fourth-order valence-corrected chi connectivity index (χ4v) is 4.88. The Bertz CT molecular complexity index is 1260. The van der Waals surface area contributed by atoms with E-state index in [-0.39, 0.29) is 29.0 Å². The van der Waals surface area contributed by atoms with Gasteiger partial charge in [-0.05, 0) is 38.0 Å². The molecule has 1 unspecified atom stereocenters. The lowest BCUT2D eigenvalue weighted by atomic mass is 9.97. The fraction of sp³-hybridized carbons (Fsp3) is 0.381. The van der Waals surface area contributed by atoms with Crippen molar-refractivity contribution in [1.82, 2.24) is 19.9 Å². The average Bonchev–Trinajstić information content (AvgIpc) is 3.24. The smallest absolute Gasteiger partial charge is 0.273 e. The third-order valence-corrected chi connectivity index (χ3v) is 6.69. The topological polar surface area (TPSA) is 109 Å². The molecule has 1 fully saturated rings. The molecule has 2 amide bonds. The van der Waals surface area contributed by atoms with Gasteiger partial charge < -0.3 is 15.5 Å². The Kier molecular flexibility index (Phi) is 6.89. The second kappa shape index (κ2) is 9.84. The van der Waals surface area contributed by atoms with Gasteiger partial charge in [-0.2, -0.15) is 4.98 Å². The minimum Gasteiger partial charge on any atom is -0.356 e. The zero-order valence-corrected chi connectivity index (χ0v) is 19.4. The van der Waals surface area contributed by atoms with E-state index in [4.69, 9.17) is 11.6 Å². The maximum absolute atomic E-state index is 13.3. The number of fused-ring (bicyclic) bond motifs is 1. The molecule has 3 heterocycles. The van der Waals surface area contributed by atoms with Gasteiger partial charge in [0, 0.05) is 25.3 Å². The van der Waals surface area contributed by atoms with Crippen molar-refractivity contribution in [3.8, 4) is 0 Å². The standard InChI is InChI=1S/C21H22ClFN6O3S/c1-2-24-19(31)12-4-3-7-28(9-12)21-27-18-17(33-21)20(32)29(11-25-18)10-16(30)26-13-5-6-15(23)14(22)8-13/h5-6,8,11-12H,2-4,7,9-10H2,1H3,(H,24,31)(H,26,30). The molecule has 0 saturated carbocycles. The van der Waals surface area contributed by atoms with Crippen LogP contribution < -0.4 is 21.1 Å². The molecule has 0 aliphatic carbocycles. The first-order valence-corrected chi connectivity index (χ1v) is 11.7. The second-order valence-corrected chi connectivity index (χ2v) is 9.07. The number of carbonyl (C=O) groups is 2. The highest BCUT2D eigenvalue weighted by molar-refractivity contribution is 7.22. The van der Waals surface area contributed by atoms with Gasteiger partial charge in [0.25, 0.3) is 5.56 Å². The Balaban J connectivity index is 1.50. The lowest BCUT2D eigenvalue weighted by Crippen LogP contribution is -2.43. The molecule has 2 aromatic heterocycles. The highest BCUT2D eigenvalue weighted by atomic mass is 35.5. The fourth-order valence-electron chi connectivity index (χ4n) is 3.70. The van der Waals surface area contributed by atoms with Crippen LogP contribution in [0.15, 0.2) is 29.3 Å². The predicted molar refractivity (Wildman–Crippen MR) is 125 cm³/mol. The van der Waals surface area contributed by atoms with E-state index in [2.05, 4.69) is 20.6 Å². The van der Waals surface area contributed by atoms with Gasteiger partial charge in [0.05, 0.1) is 10.9 Å². The van der Waals surface area contributed by atoms with E-state index in [0.29, 0.717) is 34.3 Å². The van der Waals surface area contributed by atoms with Gasteiger partial charge >= 0.3 is 0 Å². The van der Waals surface area contributed by atoms with Crippen LogP contribution in [0.3, 0.4) is 0 Å². The summed E-state index contributed by atoms with van der Waals surface area (Å²) < 4.78 is 14.8. The molecule has 0 radical (unpaired) electrons. The highest BCUT2D eigenvalue weighted by Crippen LogP contribution is 2.29. The zero-order chi connectivity index (χ0) is 23.5. The number of amides is 2. The van der Waals surface area contributed by atoms with E-state index < -0.39 is 11.7 Å². The van der Waals surface area contributed by atoms with Crippen LogP contribution in [0.5, 0.6) is 0 Å². The maximum atomic E-state index is 13.3. The molecule has 0 bridgehead atoms. The summed E-state index contributed by atoms with van der Waals surface area (Å²) in [6, 6.07) is 3.82. The Labute approximate surface area is 197 Å². The average molecular weight is 493 g/mol. The van der Waals surface area contributed by atoms with Crippen LogP contribution in [0, 0.1) is 11.7 Å². The van der Waals surface area contributed by atoms with Crippen molar-refractivity contribution in [2.45, 2.75) is 26.3 Å². The summed E-state index contributed by atoms with van der Waals surface area (Å²) in [5, 5.41) is 5.96. The van der Waals surface area contributed by atoms with Gasteiger partial charge in [0.1, 0.15) is 23.4 Å². The summed E-state index contributed by atoms with van der Waals surface area (Å²) in [5.41, 5.74) is 0.246. The molecule has 2 N–H and O–H groups in total. The van der Waals surface area contributed by atoms with E-state index in [1.54, 1.807) is 0 Å². The molecule has 1 aliphatic rings. The van der Waals surface area contributed by atoms with Crippen LogP contribution in [0.4, 0.5) is 15.2 Å². The van der Waals surface area contributed by atoms with E-state index >= 15 is 0 Å². The largest absolute Gasteiger partial charge is 0.356 e. The summed E-state index contributed by atoms with van der Waals surface area (Å²) in [7, 11) is 0. The molecular formula is C21H22ClFN6O3S. The van der Waals surface area contributed by atoms with Crippen LogP contribution >= 0.6 is 22.9 Å². The summed E-state index contributed by atoms with van der Waals surface area (Å²) in [6.45, 7) is 3.47. The van der Waals surface area contributed by atoms with E-state index in [1.165, 1.54) is 34.4 Å². The van der Waals surface area contributed by atoms with Gasteiger partial charge in [-0.3, -0.25) is 19.0 Å². The van der Waals surface area contributed by atoms with Gasteiger partial charge in [-0.25, -0.2) is 9.37 Å². The number of carbonyl (C=O) groups excluding carboxylic acids is 2. The molecule has 33 heavy (non-hydrogen) atoms. The minimum atomic E-state index is -0.590. The molecule has 1 saturated heterocycles. The van der Waals surface area contributed by atoms with Crippen molar-refractivity contribution in [3.05, 3.63) is 45.7 Å². The quantitative estimate of drug-likeness (QED) is 0.547. The van der Waals surface area contributed by atoms with E-state index in [9.17, 15) is 18.8 Å². The predicted octanol–water partition coefficient (Wildman–Crippen LogP) is 2.64. The molecule has 0 spiro atoms. The first-order chi connectivity index (χ1) is 15.9. The van der Waals surface area contributed by atoms with Crippen molar-refractivity contribution in [1.29, 1.82) is 0 Å². The van der Waals surface area contributed by atoms with Crippen LogP contribution in [-0.4, -0.2) is 46.0 Å². The minimum absolute atomic E-state index is 0.0252. The monoisotopic (exact) mass is 492 g/mol. The van der Waals surface area contributed by atoms with Crippen molar-refractivity contribution in [3.63, 3.8) is 0 Å². The van der Waals surface area contributed by atoms with Crippen molar-refractivity contribution >= 4 is 55.9 Å². The zero-order valence-electron chi connectivity index (χ0n) is 17.8. The summed E-state index contributed by atoms with van der Waals surface area (Å²) in [4.78, 5) is 48.3. The number of hydrogen-bond acceptors (Lipinski definition) is 7. The van der Waals surface area contributed by atoms with Gasteiger partial charge in [-0.1, -0.05) is 22.9 Å². The van der Waals surface area contributed by atoms with Crippen LogP contribution in [0.25, 0.3) is 10.3 Å². The molecule has 9 nitrogen and oxygen atoms in total. The van der Waals surface area contributed by atoms with Crippen molar-refractivity contribution in [2.75, 3.05) is 29.9 Å². The number of nitrogens with one attached hydrogen (secondary N) is 2. The normalized spacial score (nSPS) is 16.1. The first-order valence-electron chi connectivity index (χ1n) is 10.5. The third kappa shape index (κ3) is 5.14. The summed E-state index contributed by atoms with van der Waals surface area (Å²) in [5.74, 6) is -1.17. The lowest BCUT2D eigenvalue weighted by molar-refractivity contribution is -0.125. The Hall–Kier alpha value is -3.05. The second-order valence-electron chi connectivity index (χ2n) is 7.68. The number of halogens is 2. The molecule has 1 atom stereocenters. The van der Waals surface area contributed by atoms with E-state index in [0.717, 1.165) is 25.5 Å². The highest BCUT2D eigenvalue weighted by Gasteiger charge is 2.27. The number of piperidine rings is 1. The number of thiazole rings is 1. The lowest BCUT2D eigenvalue weighted by Gasteiger charge is -2.31. The molecule has 12 heteroatoms. The maximum Gasteiger partial charge on any atom is 0.273 e. The molecule has 3 aromatic rings. The molecular weight excluding hydrogens is 471 g/mol. The SMILES string of the molecule is CCNC(=O)C1CCCN(c2nc3ncn(CC(=O)Nc4ccc(F)c(Cl)c4)c(=O)c3s2)C1. The Morgan fingerprint density at radius 1 is 1.36 bits per heavy atom. The summed E-state index contributed by atoms with van der Waals surface area (Å²) in [6.07, 6.45) is 2.94. The number of benzene rings is 1. The Morgan fingerprint density at radius 2 is 2.18 bits per heavy atom. The van der Waals surface area contributed by atoms with Crippen LogP contribution in [0.1, 0.15) is 19.8 Å². The van der Waals surface area contributed by atoms with Crippen LogP contribution in [-0.2, 0) is 16.1 Å². The Morgan fingerprint density at radius 3 is 2.94 bits per heavy atom. The van der Waals surface area contributed by atoms with Crippen LogP contribution in [0.2, 0.25) is 5.02 Å². The number of nitrogens with zero attached hydrogens (tertiary/aromatic N) is 4. The first kappa shape index (κ1) is 23.1. The number of anilines is 2. The third-order valence-electron chi connectivity index (χ3n) is 5.30. The molecule has 174 valence electrons. The van der Waals surface area contributed by atoms with Crippen molar-refractivity contribution < 1.29 is 14.0 Å². The molecule has 4 rings (SSSR count). The summed E-state index contributed by atoms with van der Waals surface area (Å²) >= 11 is 6.94. The van der Waals surface area contributed by atoms with Crippen molar-refractivity contribution in [2.24, 2.45) is 5.92 Å². The van der Waals surface area contributed by atoms with E-state index in [1.807, 2.05) is 11.8 Å². The molecule has 1 aromatic carbocycles.